The van der Waals surface area contributed by atoms with Gasteiger partial charge in [0.15, 0.2) is 0 Å². The van der Waals surface area contributed by atoms with Crippen LogP contribution in [0, 0.1) is 11.8 Å². The van der Waals surface area contributed by atoms with E-state index in [1.165, 1.54) is 19.5 Å². The third-order valence-electron chi connectivity index (χ3n) is 5.30. The molecule has 0 aliphatic carbocycles. The zero-order valence-electron chi connectivity index (χ0n) is 15.0. The number of likely N-dealkylation sites (tertiary alicyclic amines) is 1. The van der Waals surface area contributed by atoms with E-state index in [0.717, 1.165) is 47.8 Å². The minimum atomic E-state index is 0.0292. The van der Waals surface area contributed by atoms with Crippen LogP contribution in [0.4, 0.5) is 0 Å². The van der Waals surface area contributed by atoms with Gasteiger partial charge in [-0.2, -0.15) is 0 Å². The van der Waals surface area contributed by atoms with Crippen molar-refractivity contribution in [2.45, 2.75) is 33.2 Å². The van der Waals surface area contributed by atoms with Crippen LogP contribution in [0.15, 0.2) is 35.4 Å². The van der Waals surface area contributed by atoms with Gasteiger partial charge in [-0.15, -0.1) is 0 Å². The molecule has 0 saturated carbocycles. The molecule has 1 fully saturated rings. The molecule has 4 rings (SSSR count). The summed E-state index contributed by atoms with van der Waals surface area (Å²) in [5, 5.41) is 1.01. The summed E-state index contributed by atoms with van der Waals surface area (Å²) in [5.41, 5.74) is 2.39. The van der Waals surface area contributed by atoms with Crippen LogP contribution in [0.25, 0.3) is 21.9 Å². The molecule has 3 aromatic rings. The van der Waals surface area contributed by atoms with Crippen molar-refractivity contribution in [3.63, 3.8) is 0 Å². The number of H-pyrrole nitrogens is 1. The molecule has 0 bridgehead atoms. The summed E-state index contributed by atoms with van der Waals surface area (Å²) in [6.07, 6.45) is 4.01. The van der Waals surface area contributed by atoms with E-state index in [1.54, 1.807) is 10.9 Å². The number of hydrogen-bond donors (Lipinski definition) is 1. The van der Waals surface area contributed by atoms with Crippen molar-refractivity contribution in [1.29, 1.82) is 0 Å². The molecule has 132 valence electrons. The third-order valence-corrected chi connectivity index (χ3v) is 5.30. The molecule has 3 heterocycles. The average Bonchev–Trinajstić information content (AvgIpc) is 2.96. The fourth-order valence-corrected chi connectivity index (χ4v) is 4.34. The summed E-state index contributed by atoms with van der Waals surface area (Å²) in [7, 11) is 0. The highest BCUT2D eigenvalue weighted by Gasteiger charge is 2.21. The Kier molecular flexibility index (Phi) is 4.34. The Balaban J connectivity index is 1.49. The smallest absolute Gasteiger partial charge is 0.277 e. The number of para-hydroxylation sites is 1. The molecule has 5 nitrogen and oxygen atoms in total. The van der Waals surface area contributed by atoms with Crippen LogP contribution in [-0.4, -0.2) is 39.1 Å². The Bertz CT molecular complexity index is 932. The summed E-state index contributed by atoms with van der Waals surface area (Å²) in [4.78, 5) is 23.1. The quantitative estimate of drug-likeness (QED) is 0.794. The molecule has 2 atom stereocenters. The van der Waals surface area contributed by atoms with Crippen molar-refractivity contribution in [1.82, 2.24) is 19.4 Å². The molecule has 0 amide bonds. The van der Waals surface area contributed by atoms with Gasteiger partial charge in [-0.25, -0.2) is 4.98 Å². The van der Waals surface area contributed by atoms with Crippen molar-refractivity contribution < 1.29 is 0 Å². The van der Waals surface area contributed by atoms with E-state index < -0.39 is 0 Å². The number of nitrogens with one attached hydrogen (secondary N) is 1. The number of aromatic amines is 1. The van der Waals surface area contributed by atoms with Crippen LogP contribution in [0.1, 0.15) is 26.7 Å². The Hall–Kier alpha value is -2.14. The van der Waals surface area contributed by atoms with Crippen LogP contribution in [0.2, 0.25) is 0 Å². The van der Waals surface area contributed by atoms with Gasteiger partial charge in [-0.3, -0.25) is 9.36 Å². The molecule has 0 unspecified atom stereocenters. The van der Waals surface area contributed by atoms with E-state index in [-0.39, 0.29) is 5.56 Å². The summed E-state index contributed by atoms with van der Waals surface area (Å²) < 4.78 is 1.74. The highest BCUT2D eigenvalue weighted by molar-refractivity contribution is 6.04. The van der Waals surface area contributed by atoms with Gasteiger partial charge in [-0.05, 0) is 37.3 Å². The van der Waals surface area contributed by atoms with E-state index in [4.69, 9.17) is 0 Å². The fraction of sp³-hybridized carbons (Fsp3) is 0.500. The molecular weight excluding hydrogens is 312 g/mol. The van der Waals surface area contributed by atoms with Crippen molar-refractivity contribution in [2.75, 3.05) is 19.6 Å². The summed E-state index contributed by atoms with van der Waals surface area (Å²) in [5.74, 6) is 1.55. The molecule has 1 aliphatic heterocycles. The molecule has 1 N–H and O–H groups in total. The molecule has 1 aromatic carbocycles. The van der Waals surface area contributed by atoms with Gasteiger partial charge in [0.25, 0.3) is 5.56 Å². The first-order valence-corrected chi connectivity index (χ1v) is 9.30. The highest BCUT2D eigenvalue weighted by Crippen LogP contribution is 2.22. The summed E-state index contributed by atoms with van der Waals surface area (Å²) >= 11 is 0. The van der Waals surface area contributed by atoms with Crippen LogP contribution in [-0.2, 0) is 6.54 Å². The fourth-order valence-electron chi connectivity index (χ4n) is 4.34. The zero-order valence-corrected chi connectivity index (χ0v) is 15.0. The summed E-state index contributed by atoms with van der Waals surface area (Å²) in [6, 6.07) is 7.93. The molecule has 1 aliphatic rings. The van der Waals surface area contributed by atoms with Gasteiger partial charge >= 0.3 is 0 Å². The second kappa shape index (κ2) is 6.64. The van der Waals surface area contributed by atoms with Gasteiger partial charge in [-0.1, -0.05) is 32.0 Å². The first-order chi connectivity index (χ1) is 12.1. The van der Waals surface area contributed by atoms with Crippen LogP contribution < -0.4 is 5.56 Å². The van der Waals surface area contributed by atoms with Crippen LogP contribution in [0.5, 0.6) is 0 Å². The van der Waals surface area contributed by atoms with E-state index >= 15 is 0 Å². The standard InChI is InChI=1S/C20H26N4O/c1-14-10-15(2)12-23(11-14)8-5-9-24-13-21-18-16-6-3-4-7-17(16)22-19(18)20(24)25/h3-4,6-7,13-15,22H,5,8-12H2,1-2H3/t14-,15-/m1/s1. The molecule has 0 spiro atoms. The van der Waals surface area contributed by atoms with E-state index in [1.807, 2.05) is 24.3 Å². The molecule has 1 saturated heterocycles. The summed E-state index contributed by atoms with van der Waals surface area (Å²) in [6.45, 7) is 8.79. The predicted molar refractivity (Wildman–Crippen MR) is 102 cm³/mol. The number of rotatable bonds is 4. The van der Waals surface area contributed by atoms with Gasteiger partial charge in [0.1, 0.15) is 11.0 Å². The molecule has 5 heteroatoms. The first kappa shape index (κ1) is 16.3. The van der Waals surface area contributed by atoms with Crippen LogP contribution in [0.3, 0.4) is 0 Å². The molecule has 0 radical (unpaired) electrons. The maximum Gasteiger partial charge on any atom is 0.277 e. The monoisotopic (exact) mass is 338 g/mol. The SMILES string of the molecule is C[C@@H]1C[C@@H](C)CN(CCCn2cnc3c([nH]c4ccccc43)c2=O)C1. The second-order valence-corrected chi connectivity index (χ2v) is 7.70. The van der Waals surface area contributed by atoms with Crippen molar-refractivity contribution in [2.24, 2.45) is 11.8 Å². The average molecular weight is 338 g/mol. The van der Waals surface area contributed by atoms with E-state index in [2.05, 4.69) is 28.7 Å². The lowest BCUT2D eigenvalue weighted by molar-refractivity contribution is 0.138. The maximum atomic E-state index is 12.8. The highest BCUT2D eigenvalue weighted by atomic mass is 16.1. The number of benzene rings is 1. The zero-order chi connectivity index (χ0) is 17.4. The van der Waals surface area contributed by atoms with E-state index in [0.29, 0.717) is 5.52 Å². The number of aromatic nitrogens is 3. The Morgan fingerprint density at radius 3 is 2.72 bits per heavy atom. The van der Waals surface area contributed by atoms with Gasteiger partial charge in [0.2, 0.25) is 0 Å². The Morgan fingerprint density at radius 1 is 1.16 bits per heavy atom. The number of nitrogens with zero attached hydrogens (tertiary/aromatic N) is 3. The van der Waals surface area contributed by atoms with Gasteiger partial charge < -0.3 is 9.88 Å². The number of hydrogen-bond acceptors (Lipinski definition) is 3. The molecule has 2 aromatic heterocycles. The van der Waals surface area contributed by atoms with Crippen molar-refractivity contribution in [3.8, 4) is 0 Å². The third kappa shape index (κ3) is 3.21. The van der Waals surface area contributed by atoms with E-state index in [9.17, 15) is 4.79 Å². The largest absolute Gasteiger partial charge is 0.349 e. The van der Waals surface area contributed by atoms with Crippen molar-refractivity contribution >= 4 is 21.9 Å². The maximum absolute atomic E-state index is 12.8. The van der Waals surface area contributed by atoms with Gasteiger partial charge in [0, 0.05) is 30.5 Å². The number of aryl methyl sites for hydroxylation is 1. The topological polar surface area (TPSA) is 53.9 Å². The normalized spacial score (nSPS) is 22.0. The molecular formula is C20H26N4O. The predicted octanol–water partition coefficient (Wildman–Crippen LogP) is 3.25. The number of fused-ring (bicyclic) bond motifs is 3. The first-order valence-electron chi connectivity index (χ1n) is 9.30. The second-order valence-electron chi connectivity index (χ2n) is 7.70. The lowest BCUT2D eigenvalue weighted by Gasteiger charge is -2.34. The van der Waals surface area contributed by atoms with Crippen molar-refractivity contribution in [3.05, 3.63) is 40.9 Å². The minimum absolute atomic E-state index is 0.0292. The Labute approximate surface area is 147 Å². The van der Waals surface area contributed by atoms with Crippen LogP contribution >= 0.6 is 0 Å². The lowest BCUT2D eigenvalue weighted by atomic mass is 9.92. The van der Waals surface area contributed by atoms with Gasteiger partial charge in [0.05, 0.1) is 6.33 Å². The lowest BCUT2D eigenvalue weighted by Crippen LogP contribution is -2.39. The number of piperidine rings is 1. The minimum Gasteiger partial charge on any atom is -0.349 e. The Morgan fingerprint density at radius 2 is 1.92 bits per heavy atom. The molecule has 25 heavy (non-hydrogen) atoms.